The van der Waals surface area contributed by atoms with Crippen LogP contribution < -0.4 is 0 Å². The van der Waals surface area contributed by atoms with Crippen LogP contribution in [-0.4, -0.2) is 5.71 Å². The molecule has 0 fully saturated rings. The van der Waals surface area contributed by atoms with Gasteiger partial charge in [-0.1, -0.05) is 12.5 Å². The first kappa shape index (κ1) is 8.41. The SMILES string of the molecule is CCC(=N)C(C)=C(C)C. The van der Waals surface area contributed by atoms with Gasteiger partial charge in [-0.2, -0.15) is 0 Å². The summed E-state index contributed by atoms with van der Waals surface area (Å²) in [6.45, 7) is 8.09. The van der Waals surface area contributed by atoms with Gasteiger partial charge in [0.25, 0.3) is 0 Å². The van der Waals surface area contributed by atoms with E-state index in [0.29, 0.717) is 0 Å². The van der Waals surface area contributed by atoms with E-state index >= 15 is 0 Å². The van der Waals surface area contributed by atoms with Crippen LogP contribution in [0.3, 0.4) is 0 Å². The minimum Gasteiger partial charge on any atom is -0.305 e. The lowest BCUT2D eigenvalue weighted by Gasteiger charge is -2.01. The molecule has 9 heavy (non-hydrogen) atoms. The van der Waals surface area contributed by atoms with Crippen LogP contribution >= 0.6 is 0 Å². The van der Waals surface area contributed by atoms with E-state index in [2.05, 4.69) is 0 Å². The topological polar surface area (TPSA) is 23.9 Å². The van der Waals surface area contributed by atoms with Gasteiger partial charge >= 0.3 is 0 Å². The summed E-state index contributed by atoms with van der Waals surface area (Å²) in [5, 5.41) is 7.42. The van der Waals surface area contributed by atoms with Crippen LogP contribution in [0.1, 0.15) is 34.1 Å². The third-order valence-electron chi connectivity index (χ3n) is 1.56. The Hall–Kier alpha value is -0.590. The van der Waals surface area contributed by atoms with Crippen molar-refractivity contribution in [3.8, 4) is 0 Å². The highest BCUT2D eigenvalue weighted by Gasteiger charge is 1.95. The van der Waals surface area contributed by atoms with Gasteiger partial charge in [0.15, 0.2) is 0 Å². The van der Waals surface area contributed by atoms with Gasteiger partial charge in [0, 0.05) is 5.71 Å². The van der Waals surface area contributed by atoms with Gasteiger partial charge in [0.1, 0.15) is 0 Å². The molecule has 0 aromatic carbocycles. The maximum Gasteiger partial charge on any atom is 0.0339 e. The lowest BCUT2D eigenvalue weighted by molar-refractivity contribution is 1.20. The Balaban J connectivity index is 4.21. The highest BCUT2D eigenvalue weighted by Crippen LogP contribution is 2.04. The fourth-order valence-corrected chi connectivity index (χ4v) is 0.567. The van der Waals surface area contributed by atoms with E-state index < -0.39 is 0 Å². The van der Waals surface area contributed by atoms with Gasteiger partial charge in [0.2, 0.25) is 0 Å². The summed E-state index contributed by atoms with van der Waals surface area (Å²) in [5.74, 6) is 0. The van der Waals surface area contributed by atoms with Crippen molar-refractivity contribution in [2.75, 3.05) is 0 Å². The molecule has 0 aromatic rings. The third kappa shape index (κ3) is 2.45. The van der Waals surface area contributed by atoms with Crippen molar-refractivity contribution in [2.45, 2.75) is 34.1 Å². The number of hydrogen-bond donors (Lipinski definition) is 1. The maximum atomic E-state index is 7.42. The average Bonchev–Trinajstić information content (AvgIpc) is 1.84. The highest BCUT2D eigenvalue weighted by atomic mass is 14.4. The van der Waals surface area contributed by atoms with E-state index in [1.165, 1.54) is 5.57 Å². The van der Waals surface area contributed by atoms with Crippen LogP contribution in [0.5, 0.6) is 0 Å². The molecule has 0 aliphatic carbocycles. The van der Waals surface area contributed by atoms with Crippen molar-refractivity contribution in [1.82, 2.24) is 0 Å². The Morgan fingerprint density at radius 3 is 1.78 bits per heavy atom. The molecule has 0 aromatic heterocycles. The molecule has 0 atom stereocenters. The number of nitrogens with one attached hydrogen (secondary N) is 1. The molecular weight excluding hydrogens is 110 g/mol. The van der Waals surface area contributed by atoms with Crippen molar-refractivity contribution in [2.24, 2.45) is 0 Å². The van der Waals surface area contributed by atoms with Crippen molar-refractivity contribution in [1.29, 1.82) is 5.41 Å². The predicted octanol–water partition coefficient (Wildman–Crippen LogP) is 2.77. The molecule has 0 spiro atoms. The van der Waals surface area contributed by atoms with E-state index in [1.54, 1.807) is 0 Å². The lowest BCUT2D eigenvalue weighted by atomic mass is 10.1. The Bertz CT molecular complexity index is 139. The van der Waals surface area contributed by atoms with Gasteiger partial charge < -0.3 is 5.41 Å². The molecule has 0 radical (unpaired) electrons. The first-order chi connectivity index (χ1) is 4.09. The minimum atomic E-state index is 0.759. The van der Waals surface area contributed by atoms with E-state index in [-0.39, 0.29) is 0 Å². The predicted molar refractivity (Wildman–Crippen MR) is 42.1 cm³/mol. The molecule has 1 heteroatoms. The quantitative estimate of drug-likeness (QED) is 0.549. The second-order valence-electron chi connectivity index (χ2n) is 2.46. The average molecular weight is 125 g/mol. The van der Waals surface area contributed by atoms with Crippen LogP contribution in [0.15, 0.2) is 11.1 Å². The van der Waals surface area contributed by atoms with E-state index in [9.17, 15) is 0 Å². The molecule has 0 aliphatic heterocycles. The smallest absolute Gasteiger partial charge is 0.0339 e. The minimum absolute atomic E-state index is 0.759. The summed E-state index contributed by atoms with van der Waals surface area (Å²) in [7, 11) is 0. The van der Waals surface area contributed by atoms with Crippen molar-refractivity contribution in [3.05, 3.63) is 11.1 Å². The summed E-state index contributed by atoms with van der Waals surface area (Å²) < 4.78 is 0. The van der Waals surface area contributed by atoms with E-state index in [4.69, 9.17) is 5.41 Å². The van der Waals surface area contributed by atoms with Crippen LogP contribution in [0.2, 0.25) is 0 Å². The summed E-state index contributed by atoms with van der Waals surface area (Å²) in [6, 6.07) is 0. The van der Waals surface area contributed by atoms with E-state index in [0.717, 1.165) is 17.7 Å². The fraction of sp³-hybridized carbons (Fsp3) is 0.625. The second kappa shape index (κ2) is 3.44. The monoisotopic (exact) mass is 125 g/mol. The third-order valence-corrected chi connectivity index (χ3v) is 1.56. The fourth-order valence-electron chi connectivity index (χ4n) is 0.567. The first-order valence-electron chi connectivity index (χ1n) is 3.31. The Morgan fingerprint density at radius 2 is 1.67 bits per heavy atom. The van der Waals surface area contributed by atoms with Crippen LogP contribution in [0.4, 0.5) is 0 Å². The zero-order chi connectivity index (χ0) is 7.44. The van der Waals surface area contributed by atoms with Crippen molar-refractivity contribution < 1.29 is 0 Å². The summed E-state index contributed by atoms with van der Waals surface area (Å²) in [6.07, 6.45) is 0.844. The van der Waals surface area contributed by atoms with Crippen LogP contribution in [-0.2, 0) is 0 Å². The Morgan fingerprint density at radius 1 is 1.22 bits per heavy atom. The standard InChI is InChI=1S/C8H15N/c1-5-8(9)7(4)6(2)3/h9H,5H2,1-4H3. The van der Waals surface area contributed by atoms with Gasteiger partial charge in [-0.3, -0.25) is 0 Å². The molecule has 0 amide bonds. The van der Waals surface area contributed by atoms with Crippen molar-refractivity contribution >= 4 is 5.71 Å². The zero-order valence-corrected chi connectivity index (χ0v) is 6.71. The molecular formula is C8H15N. The summed E-state index contributed by atoms with van der Waals surface area (Å²) >= 11 is 0. The molecule has 52 valence electrons. The molecule has 0 saturated heterocycles. The molecule has 0 saturated carbocycles. The molecule has 0 rings (SSSR count). The zero-order valence-electron chi connectivity index (χ0n) is 6.71. The molecule has 0 unspecified atom stereocenters. The van der Waals surface area contributed by atoms with Gasteiger partial charge in [-0.05, 0) is 32.8 Å². The molecule has 1 N–H and O–H groups in total. The van der Waals surface area contributed by atoms with Crippen LogP contribution in [0.25, 0.3) is 0 Å². The number of rotatable bonds is 2. The molecule has 1 nitrogen and oxygen atoms in total. The second-order valence-corrected chi connectivity index (χ2v) is 2.46. The molecule has 0 heterocycles. The summed E-state index contributed by atoms with van der Waals surface area (Å²) in [5.41, 5.74) is 3.15. The lowest BCUT2D eigenvalue weighted by Crippen LogP contribution is -1.96. The van der Waals surface area contributed by atoms with Crippen LogP contribution in [0, 0.1) is 5.41 Å². The maximum absolute atomic E-state index is 7.42. The number of allylic oxidation sites excluding steroid dienone is 2. The van der Waals surface area contributed by atoms with Gasteiger partial charge in [-0.15, -0.1) is 0 Å². The van der Waals surface area contributed by atoms with Crippen molar-refractivity contribution in [3.63, 3.8) is 0 Å². The summed E-state index contributed by atoms with van der Waals surface area (Å²) in [4.78, 5) is 0. The Labute approximate surface area is 57.3 Å². The largest absolute Gasteiger partial charge is 0.305 e. The Kier molecular flexibility index (Phi) is 3.21. The number of hydrogen-bond acceptors (Lipinski definition) is 1. The first-order valence-corrected chi connectivity index (χ1v) is 3.31. The van der Waals surface area contributed by atoms with Gasteiger partial charge in [-0.25, -0.2) is 0 Å². The normalized spacial score (nSPS) is 8.89. The van der Waals surface area contributed by atoms with E-state index in [1.807, 2.05) is 27.7 Å². The molecule has 0 aliphatic rings. The highest BCUT2D eigenvalue weighted by molar-refractivity contribution is 5.97. The van der Waals surface area contributed by atoms with Gasteiger partial charge in [0.05, 0.1) is 0 Å². The molecule has 0 bridgehead atoms.